The van der Waals surface area contributed by atoms with Gasteiger partial charge in [0.2, 0.25) is 5.76 Å². The van der Waals surface area contributed by atoms with Crippen LogP contribution < -0.4 is 10.1 Å². The number of aromatic carboxylic acids is 1. The average molecular weight is 265 g/mol. The number of carbonyl (C=O) groups is 1. The summed E-state index contributed by atoms with van der Waals surface area (Å²) < 4.78 is 23.7. The molecule has 0 saturated heterocycles. The van der Waals surface area contributed by atoms with Gasteiger partial charge in [-0.2, -0.15) is 0 Å². The quantitative estimate of drug-likeness (QED) is 0.868. The van der Waals surface area contributed by atoms with Crippen LogP contribution in [0.4, 0.5) is 16.0 Å². The first kappa shape index (κ1) is 12.9. The van der Waals surface area contributed by atoms with Gasteiger partial charge in [0.25, 0.3) is 0 Å². The fraction of sp³-hybridized carbons (Fsp3) is 0.154. The molecule has 0 fully saturated rings. The molecule has 5 nitrogen and oxygen atoms in total. The molecule has 0 aliphatic carbocycles. The lowest BCUT2D eigenvalue weighted by molar-refractivity contribution is 0.0663. The molecule has 0 aliphatic rings. The minimum Gasteiger partial charge on any atom is -0.491 e. The normalized spacial score (nSPS) is 10.2. The molecule has 0 bridgehead atoms. The van der Waals surface area contributed by atoms with Gasteiger partial charge in [0.15, 0.2) is 17.5 Å². The van der Waals surface area contributed by atoms with Crippen molar-refractivity contribution < 1.29 is 23.4 Å². The third-order valence-electron chi connectivity index (χ3n) is 2.32. The first-order chi connectivity index (χ1) is 9.10. The van der Waals surface area contributed by atoms with Crippen molar-refractivity contribution in [2.75, 3.05) is 11.9 Å². The maximum atomic E-state index is 13.6. The zero-order valence-corrected chi connectivity index (χ0v) is 10.1. The third kappa shape index (κ3) is 3.04. The highest BCUT2D eigenvalue weighted by Gasteiger charge is 2.10. The summed E-state index contributed by atoms with van der Waals surface area (Å²) in [7, 11) is 0. The number of furan rings is 1. The molecule has 0 radical (unpaired) electrons. The van der Waals surface area contributed by atoms with Crippen LogP contribution in [0.5, 0.6) is 5.75 Å². The van der Waals surface area contributed by atoms with Crippen molar-refractivity contribution in [1.82, 2.24) is 0 Å². The summed E-state index contributed by atoms with van der Waals surface area (Å²) in [6.07, 6.45) is 0. The Labute approximate surface area is 108 Å². The van der Waals surface area contributed by atoms with Crippen molar-refractivity contribution in [1.29, 1.82) is 0 Å². The molecule has 1 aromatic heterocycles. The first-order valence-corrected chi connectivity index (χ1v) is 5.62. The van der Waals surface area contributed by atoms with E-state index in [-0.39, 0.29) is 17.4 Å². The number of hydrogen-bond acceptors (Lipinski definition) is 4. The van der Waals surface area contributed by atoms with Crippen LogP contribution in [0.2, 0.25) is 0 Å². The van der Waals surface area contributed by atoms with Crippen LogP contribution in [-0.2, 0) is 0 Å². The van der Waals surface area contributed by atoms with Gasteiger partial charge >= 0.3 is 5.97 Å². The number of halogens is 1. The number of benzene rings is 1. The van der Waals surface area contributed by atoms with E-state index in [1.165, 1.54) is 24.3 Å². The van der Waals surface area contributed by atoms with Gasteiger partial charge in [0.05, 0.1) is 6.61 Å². The van der Waals surface area contributed by atoms with E-state index in [1.807, 2.05) is 0 Å². The Morgan fingerprint density at radius 1 is 1.42 bits per heavy atom. The van der Waals surface area contributed by atoms with E-state index in [9.17, 15) is 9.18 Å². The molecule has 0 amide bonds. The summed E-state index contributed by atoms with van der Waals surface area (Å²) in [5, 5.41) is 11.5. The van der Waals surface area contributed by atoms with Crippen molar-refractivity contribution in [3.05, 3.63) is 41.9 Å². The Kier molecular flexibility index (Phi) is 3.70. The zero-order valence-electron chi connectivity index (χ0n) is 10.1. The Morgan fingerprint density at radius 3 is 2.79 bits per heavy atom. The molecule has 0 aliphatic heterocycles. The summed E-state index contributed by atoms with van der Waals surface area (Å²) in [5.41, 5.74) is 0.437. The Morgan fingerprint density at radius 2 is 2.21 bits per heavy atom. The van der Waals surface area contributed by atoms with Crippen molar-refractivity contribution in [2.24, 2.45) is 0 Å². The van der Waals surface area contributed by atoms with E-state index in [1.54, 1.807) is 13.0 Å². The lowest BCUT2D eigenvalue weighted by atomic mass is 10.3. The van der Waals surface area contributed by atoms with Crippen LogP contribution in [0.1, 0.15) is 17.5 Å². The lowest BCUT2D eigenvalue weighted by Crippen LogP contribution is -1.96. The minimum absolute atomic E-state index is 0.165. The maximum absolute atomic E-state index is 13.6. The van der Waals surface area contributed by atoms with E-state index in [0.717, 1.165) is 0 Å². The van der Waals surface area contributed by atoms with E-state index < -0.39 is 11.8 Å². The lowest BCUT2D eigenvalue weighted by Gasteiger charge is -2.07. The fourth-order valence-corrected chi connectivity index (χ4v) is 1.51. The van der Waals surface area contributed by atoms with Crippen LogP contribution in [0.3, 0.4) is 0 Å². The molecular weight excluding hydrogens is 253 g/mol. The summed E-state index contributed by atoms with van der Waals surface area (Å²) in [5.74, 6) is -1.46. The van der Waals surface area contributed by atoms with Gasteiger partial charge in [-0.1, -0.05) is 0 Å². The summed E-state index contributed by atoms with van der Waals surface area (Å²) >= 11 is 0. The van der Waals surface area contributed by atoms with Gasteiger partial charge < -0.3 is 19.6 Å². The molecule has 100 valence electrons. The first-order valence-electron chi connectivity index (χ1n) is 5.62. The number of nitrogens with one attached hydrogen (secondary N) is 1. The van der Waals surface area contributed by atoms with Gasteiger partial charge in [-0.15, -0.1) is 0 Å². The van der Waals surface area contributed by atoms with Crippen LogP contribution in [0, 0.1) is 5.82 Å². The highest BCUT2D eigenvalue weighted by molar-refractivity contribution is 5.85. The second-order valence-corrected chi connectivity index (χ2v) is 3.67. The standard InChI is InChI=1S/C13H12FNO4/c1-2-18-10-4-3-8(7-9(10)14)15-12-6-5-11(19-12)13(16)17/h3-7,15H,2H2,1H3,(H,16,17). The van der Waals surface area contributed by atoms with Gasteiger partial charge in [-0.05, 0) is 25.1 Å². The predicted molar refractivity (Wildman–Crippen MR) is 66.5 cm³/mol. The molecule has 0 spiro atoms. The number of hydrogen-bond donors (Lipinski definition) is 2. The molecule has 1 aromatic carbocycles. The monoisotopic (exact) mass is 265 g/mol. The third-order valence-corrected chi connectivity index (χ3v) is 2.32. The number of ether oxygens (including phenoxy) is 1. The molecular formula is C13H12FNO4. The van der Waals surface area contributed by atoms with Crippen LogP contribution in [0.15, 0.2) is 34.7 Å². The summed E-state index contributed by atoms with van der Waals surface area (Å²) in [4.78, 5) is 10.6. The zero-order chi connectivity index (χ0) is 13.8. The topological polar surface area (TPSA) is 71.7 Å². The molecule has 6 heteroatoms. The van der Waals surface area contributed by atoms with E-state index in [4.69, 9.17) is 14.3 Å². The van der Waals surface area contributed by atoms with Gasteiger partial charge in [-0.3, -0.25) is 0 Å². The molecule has 0 saturated carbocycles. The van der Waals surface area contributed by atoms with Crippen molar-refractivity contribution in [3.8, 4) is 5.75 Å². The second kappa shape index (κ2) is 5.43. The summed E-state index contributed by atoms with van der Waals surface area (Å²) in [6.45, 7) is 2.14. The number of carboxylic acids is 1. The van der Waals surface area contributed by atoms with Gasteiger partial charge in [0, 0.05) is 17.8 Å². The fourth-order valence-electron chi connectivity index (χ4n) is 1.51. The van der Waals surface area contributed by atoms with E-state index in [2.05, 4.69) is 5.32 Å². The van der Waals surface area contributed by atoms with Crippen LogP contribution in [-0.4, -0.2) is 17.7 Å². The largest absolute Gasteiger partial charge is 0.491 e. The summed E-state index contributed by atoms with van der Waals surface area (Å²) in [6, 6.07) is 7.11. The predicted octanol–water partition coefficient (Wildman–Crippen LogP) is 3.26. The molecule has 1 heterocycles. The minimum atomic E-state index is -1.16. The maximum Gasteiger partial charge on any atom is 0.371 e. The molecule has 0 atom stereocenters. The highest BCUT2D eigenvalue weighted by Crippen LogP contribution is 2.24. The number of rotatable bonds is 5. The SMILES string of the molecule is CCOc1ccc(Nc2ccc(C(=O)O)o2)cc1F. The molecule has 0 unspecified atom stereocenters. The van der Waals surface area contributed by atoms with Crippen molar-refractivity contribution in [2.45, 2.75) is 6.92 Å². The Balaban J connectivity index is 2.14. The van der Waals surface area contributed by atoms with E-state index in [0.29, 0.717) is 12.3 Å². The van der Waals surface area contributed by atoms with Crippen molar-refractivity contribution in [3.63, 3.8) is 0 Å². The Hall–Kier alpha value is -2.50. The highest BCUT2D eigenvalue weighted by atomic mass is 19.1. The van der Waals surface area contributed by atoms with Crippen LogP contribution >= 0.6 is 0 Å². The number of carboxylic acid groups (broad SMARTS) is 1. The van der Waals surface area contributed by atoms with Crippen molar-refractivity contribution >= 4 is 17.5 Å². The molecule has 19 heavy (non-hydrogen) atoms. The molecule has 2 N–H and O–H groups in total. The molecule has 2 aromatic rings. The Bertz CT molecular complexity index is 594. The molecule has 2 rings (SSSR count). The van der Waals surface area contributed by atoms with E-state index >= 15 is 0 Å². The average Bonchev–Trinajstić information content (AvgIpc) is 2.81. The number of anilines is 2. The van der Waals surface area contributed by atoms with Crippen LogP contribution in [0.25, 0.3) is 0 Å². The second-order valence-electron chi connectivity index (χ2n) is 3.67. The van der Waals surface area contributed by atoms with Gasteiger partial charge in [0.1, 0.15) is 0 Å². The smallest absolute Gasteiger partial charge is 0.371 e. The van der Waals surface area contributed by atoms with Gasteiger partial charge in [-0.25, -0.2) is 9.18 Å².